The minimum atomic E-state index is -0.114. The molecule has 1 N–H and O–H groups in total. The Morgan fingerprint density at radius 3 is 2.62 bits per heavy atom. The maximum absolute atomic E-state index is 11.6. The van der Waals surface area contributed by atoms with Gasteiger partial charge in [-0.25, -0.2) is 0 Å². The number of hydrogen-bond donors (Lipinski definition) is 1. The van der Waals surface area contributed by atoms with E-state index < -0.39 is 0 Å². The molecule has 1 aromatic carbocycles. The number of anilines is 1. The Morgan fingerprint density at radius 2 is 2.00 bits per heavy atom. The molecule has 3 nitrogen and oxygen atoms in total. The van der Waals surface area contributed by atoms with E-state index in [9.17, 15) is 4.79 Å². The van der Waals surface area contributed by atoms with Gasteiger partial charge < -0.3 is 9.73 Å². The molecule has 0 atom stereocenters. The number of rotatable bonds is 3. The quantitative estimate of drug-likeness (QED) is 0.888. The lowest BCUT2D eigenvalue weighted by atomic mass is 10.3. The fourth-order valence-corrected chi connectivity index (χ4v) is 1.44. The van der Waals surface area contributed by atoms with Crippen molar-refractivity contribution in [2.75, 3.05) is 5.32 Å². The summed E-state index contributed by atoms with van der Waals surface area (Å²) >= 11 is 5.74. The van der Waals surface area contributed by atoms with Crippen molar-refractivity contribution in [2.24, 2.45) is 0 Å². The Kier molecular flexibility index (Phi) is 3.27. The molecule has 82 valence electrons. The predicted molar refractivity (Wildman–Crippen MR) is 62.5 cm³/mol. The second-order valence-corrected chi connectivity index (χ2v) is 3.75. The van der Waals surface area contributed by atoms with Crippen LogP contribution in [0.5, 0.6) is 0 Å². The Bertz CT molecular complexity index is 462. The van der Waals surface area contributed by atoms with Gasteiger partial charge in [-0.15, -0.1) is 0 Å². The first-order valence-electron chi connectivity index (χ1n) is 4.82. The largest absolute Gasteiger partial charge is 0.469 e. The van der Waals surface area contributed by atoms with E-state index in [4.69, 9.17) is 16.0 Å². The molecule has 4 heteroatoms. The molecule has 1 aromatic heterocycles. The minimum Gasteiger partial charge on any atom is -0.469 e. The van der Waals surface area contributed by atoms with Crippen molar-refractivity contribution in [3.63, 3.8) is 0 Å². The summed E-state index contributed by atoms with van der Waals surface area (Å²) in [4.78, 5) is 11.6. The number of carbonyl (C=O) groups is 1. The Morgan fingerprint density at radius 1 is 1.25 bits per heavy atom. The molecule has 0 aliphatic heterocycles. The van der Waals surface area contributed by atoms with Crippen molar-refractivity contribution in [1.29, 1.82) is 0 Å². The summed E-state index contributed by atoms with van der Waals surface area (Å²) in [5.41, 5.74) is 0.723. The SMILES string of the molecule is O=C(Cc1ccco1)Nc1ccc(Cl)cc1. The van der Waals surface area contributed by atoms with Crippen LogP contribution < -0.4 is 5.32 Å². The van der Waals surface area contributed by atoms with Gasteiger partial charge in [-0.3, -0.25) is 4.79 Å². The molecule has 16 heavy (non-hydrogen) atoms. The van der Waals surface area contributed by atoms with Crippen molar-refractivity contribution < 1.29 is 9.21 Å². The normalized spacial score (nSPS) is 10.1. The predicted octanol–water partition coefficient (Wildman–Crippen LogP) is 3.11. The first-order valence-corrected chi connectivity index (χ1v) is 5.19. The molecular weight excluding hydrogens is 226 g/mol. The third-order valence-electron chi connectivity index (χ3n) is 2.04. The zero-order chi connectivity index (χ0) is 11.4. The number of halogens is 1. The van der Waals surface area contributed by atoms with Gasteiger partial charge in [0.2, 0.25) is 5.91 Å². The number of furan rings is 1. The van der Waals surface area contributed by atoms with Gasteiger partial charge in [0.1, 0.15) is 5.76 Å². The zero-order valence-corrected chi connectivity index (χ0v) is 9.20. The summed E-state index contributed by atoms with van der Waals surface area (Å²) in [6.45, 7) is 0. The molecule has 1 amide bonds. The molecule has 0 aliphatic carbocycles. The van der Waals surface area contributed by atoms with Crippen LogP contribution in [-0.2, 0) is 11.2 Å². The van der Waals surface area contributed by atoms with E-state index in [2.05, 4.69) is 5.32 Å². The summed E-state index contributed by atoms with van der Waals surface area (Å²) in [6.07, 6.45) is 1.78. The number of amides is 1. The van der Waals surface area contributed by atoms with Gasteiger partial charge >= 0.3 is 0 Å². The van der Waals surface area contributed by atoms with Crippen LogP contribution >= 0.6 is 11.6 Å². The highest BCUT2D eigenvalue weighted by Crippen LogP contribution is 2.13. The molecule has 0 saturated carbocycles. The van der Waals surface area contributed by atoms with Crippen molar-refractivity contribution in [1.82, 2.24) is 0 Å². The van der Waals surface area contributed by atoms with Crippen molar-refractivity contribution in [2.45, 2.75) is 6.42 Å². The van der Waals surface area contributed by atoms with Crippen LogP contribution in [0.4, 0.5) is 5.69 Å². The van der Waals surface area contributed by atoms with Crippen LogP contribution in [0.1, 0.15) is 5.76 Å². The lowest BCUT2D eigenvalue weighted by Gasteiger charge is -2.03. The van der Waals surface area contributed by atoms with Crippen LogP contribution in [0.3, 0.4) is 0 Å². The third kappa shape index (κ3) is 2.87. The van der Waals surface area contributed by atoms with E-state index in [0.29, 0.717) is 10.8 Å². The van der Waals surface area contributed by atoms with Gasteiger partial charge in [-0.05, 0) is 36.4 Å². The topological polar surface area (TPSA) is 42.2 Å². The van der Waals surface area contributed by atoms with Gasteiger partial charge in [0.15, 0.2) is 0 Å². The van der Waals surface area contributed by atoms with Crippen molar-refractivity contribution >= 4 is 23.2 Å². The highest BCUT2D eigenvalue weighted by atomic mass is 35.5. The monoisotopic (exact) mass is 235 g/mol. The molecule has 0 bridgehead atoms. The van der Waals surface area contributed by atoms with E-state index in [-0.39, 0.29) is 12.3 Å². The molecule has 2 aromatic rings. The van der Waals surface area contributed by atoms with Crippen LogP contribution in [0, 0.1) is 0 Å². The summed E-state index contributed by atoms with van der Waals surface area (Å²) < 4.78 is 5.08. The van der Waals surface area contributed by atoms with E-state index in [1.807, 2.05) is 0 Å². The molecule has 0 spiro atoms. The maximum atomic E-state index is 11.6. The highest BCUT2D eigenvalue weighted by Gasteiger charge is 2.05. The molecular formula is C12H10ClNO2. The summed E-state index contributed by atoms with van der Waals surface area (Å²) in [6, 6.07) is 10.5. The zero-order valence-electron chi connectivity index (χ0n) is 8.44. The maximum Gasteiger partial charge on any atom is 0.231 e. The van der Waals surface area contributed by atoms with Gasteiger partial charge in [-0.1, -0.05) is 11.6 Å². The van der Waals surface area contributed by atoms with E-state index in [1.165, 1.54) is 0 Å². The average Bonchev–Trinajstić information content (AvgIpc) is 2.74. The average molecular weight is 236 g/mol. The van der Waals surface area contributed by atoms with E-state index in [1.54, 1.807) is 42.7 Å². The van der Waals surface area contributed by atoms with E-state index in [0.717, 1.165) is 5.69 Å². The van der Waals surface area contributed by atoms with Gasteiger partial charge in [0.25, 0.3) is 0 Å². The van der Waals surface area contributed by atoms with Gasteiger partial charge in [0.05, 0.1) is 12.7 Å². The fourth-order valence-electron chi connectivity index (χ4n) is 1.31. The Balaban J connectivity index is 1.95. The second-order valence-electron chi connectivity index (χ2n) is 3.31. The molecule has 0 unspecified atom stereocenters. The number of hydrogen-bond acceptors (Lipinski definition) is 2. The van der Waals surface area contributed by atoms with Crippen LogP contribution in [0.2, 0.25) is 5.02 Å². The molecule has 0 saturated heterocycles. The van der Waals surface area contributed by atoms with Crippen molar-refractivity contribution in [3.8, 4) is 0 Å². The lowest BCUT2D eigenvalue weighted by molar-refractivity contribution is -0.115. The molecule has 1 heterocycles. The summed E-state index contributed by atoms with van der Waals surface area (Å²) in [5.74, 6) is 0.531. The molecule has 0 fully saturated rings. The number of nitrogens with one attached hydrogen (secondary N) is 1. The second kappa shape index (κ2) is 4.86. The van der Waals surface area contributed by atoms with Crippen LogP contribution in [0.15, 0.2) is 47.1 Å². The van der Waals surface area contributed by atoms with Gasteiger partial charge in [-0.2, -0.15) is 0 Å². The third-order valence-corrected chi connectivity index (χ3v) is 2.29. The highest BCUT2D eigenvalue weighted by molar-refractivity contribution is 6.30. The minimum absolute atomic E-state index is 0.114. The van der Waals surface area contributed by atoms with Crippen molar-refractivity contribution in [3.05, 3.63) is 53.4 Å². The molecule has 0 radical (unpaired) electrons. The number of benzene rings is 1. The van der Waals surface area contributed by atoms with E-state index >= 15 is 0 Å². The standard InChI is InChI=1S/C12H10ClNO2/c13-9-3-5-10(6-4-9)14-12(15)8-11-2-1-7-16-11/h1-7H,8H2,(H,14,15). The molecule has 2 rings (SSSR count). The number of carbonyl (C=O) groups excluding carboxylic acids is 1. The summed E-state index contributed by atoms with van der Waals surface area (Å²) in [7, 11) is 0. The molecule has 0 aliphatic rings. The first-order chi connectivity index (χ1) is 7.74. The van der Waals surface area contributed by atoms with Gasteiger partial charge in [0, 0.05) is 10.7 Å². The Hall–Kier alpha value is -1.74. The first kappa shape index (κ1) is 10.8. The smallest absolute Gasteiger partial charge is 0.231 e. The van der Waals surface area contributed by atoms with Crippen LogP contribution in [-0.4, -0.2) is 5.91 Å². The summed E-state index contributed by atoms with van der Waals surface area (Å²) in [5, 5.41) is 3.39. The lowest BCUT2D eigenvalue weighted by Crippen LogP contribution is -2.13. The van der Waals surface area contributed by atoms with Crippen LogP contribution in [0.25, 0.3) is 0 Å². The Labute approximate surface area is 98.0 Å². The fraction of sp³-hybridized carbons (Fsp3) is 0.0833.